The quantitative estimate of drug-likeness (QED) is 0.544. The minimum Gasteiger partial charge on any atom is -0.497 e. The van der Waals surface area contributed by atoms with Gasteiger partial charge in [-0.25, -0.2) is 0 Å². The topological polar surface area (TPSA) is 80.3 Å². The molecule has 5 rings (SSSR count). The number of ether oxygens (including phenoxy) is 3. The summed E-state index contributed by atoms with van der Waals surface area (Å²) in [7, 11) is 1.66. The van der Waals surface area contributed by atoms with Crippen molar-refractivity contribution in [2.24, 2.45) is 5.41 Å². The number of rotatable bonds is 7. The molecular formula is C33H45N3O5. The lowest BCUT2D eigenvalue weighted by Gasteiger charge is -2.41. The maximum Gasteiger partial charge on any atom is 0.237 e. The summed E-state index contributed by atoms with van der Waals surface area (Å²) < 4.78 is 17.3. The van der Waals surface area contributed by atoms with Crippen LogP contribution in [0, 0.1) is 5.41 Å². The van der Waals surface area contributed by atoms with E-state index in [9.17, 15) is 9.59 Å². The average molecular weight is 564 g/mol. The van der Waals surface area contributed by atoms with Crippen LogP contribution in [0.25, 0.3) is 0 Å². The normalized spacial score (nSPS) is 21.6. The van der Waals surface area contributed by atoms with E-state index in [1.807, 2.05) is 41.3 Å². The molecule has 1 atom stereocenters. The molecule has 8 nitrogen and oxygen atoms in total. The maximum atomic E-state index is 13.6. The molecule has 0 bridgehead atoms. The van der Waals surface area contributed by atoms with Crippen LogP contribution < -0.4 is 14.8 Å². The van der Waals surface area contributed by atoms with Crippen molar-refractivity contribution in [2.75, 3.05) is 53.0 Å². The standard InChI is InChI=1S/C33H45N3O5/c1-39-28-11-6-8-26(22-28)23-36(24-29-12-7-20-40-29)31(37)25-35-18-15-33(16-19-35)14-5-4-10-27-9-2-3-13-30(27)41-21-17-34-32(33)38/h2-3,6,8-9,11,13,22,29H,4-5,7,10,12,14-21,23-25H2,1H3,(H,34,38). The lowest BCUT2D eigenvalue weighted by molar-refractivity contribution is -0.137. The number of methoxy groups -OCH3 is 1. The number of piperidine rings is 1. The molecule has 8 heteroatoms. The van der Waals surface area contributed by atoms with Crippen LogP contribution in [0.2, 0.25) is 0 Å². The molecule has 3 heterocycles. The van der Waals surface area contributed by atoms with Crippen molar-refractivity contribution in [3.63, 3.8) is 0 Å². The van der Waals surface area contributed by atoms with Gasteiger partial charge in [0.25, 0.3) is 0 Å². The Labute approximate surface area is 244 Å². The molecule has 0 aliphatic carbocycles. The molecule has 2 amide bonds. The second-order valence-corrected chi connectivity index (χ2v) is 11.7. The first-order valence-electron chi connectivity index (χ1n) is 15.3. The van der Waals surface area contributed by atoms with Gasteiger partial charge in [0.05, 0.1) is 31.7 Å². The number of nitrogens with zero attached hydrogens (tertiary/aromatic N) is 2. The van der Waals surface area contributed by atoms with Gasteiger partial charge in [0.1, 0.15) is 18.1 Å². The summed E-state index contributed by atoms with van der Waals surface area (Å²) in [5.41, 5.74) is 1.91. The molecule has 3 aliphatic rings. The Morgan fingerprint density at radius 2 is 1.93 bits per heavy atom. The Morgan fingerprint density at radius 3 is 2.73 bits per heavy atom. The van der Waals surface area contributed by atoms with Crippen molar-refractivity contribution in [3.05, 3.63) is 59.7 Å². The fourth-order valence-electron chi connectivity index (χ4n) is 6.44. The van der Waals surface area contributed by atoms with Gasteiger partial charge in [0, 0.05) is 19.7 Å². The van der Waals surface area contributed by atoms with E-state index >= 15 is 0 Å². The van der Waals surface area contributed by atoms with Crippen LogP contribution in [-0.2, 0) is 27.3 Å². The fraction of sp³-hybridized carbons (Fsp3) is 0.576. The first kappa shape index (κ1) is 29.4. The Hall–Kier alpha value is -3.10. The van der Waals surface area contributed by atoms with Gasteiger partial charge < -0.3 is 24.4 Å². The maximum absolute atomic E-state index is 13.6. The Balaban J connectivity index is 1.19. The molecule has 222 valence electrons. The van der Waals surface area contributed by atoms with Crippen LogP contribution in [0.1, 0.15) is 56.1 Å². The van der Waals surface area contributed by atoms with E-state index in [1.165, 1.54) is 5.56 Å². The number of carbonyl (C=O) groups excluding carboxylic acids is 2. The highest BCUT2D eigenvalue weighted by molar-refractivity contribution is 5.83. The minimum absolute atomic E-state index is 0.0880. The highest BCUT2D eigenvalue weighted by Gasteiger charge is 2.41. The lowest BCUT2D eigenvalue weighted by atomic mass is 9.73. The van der Waals surface area contributed by atoms with Gasteiger partial charge in [-0.15, -0.1) is 0 Å². The number of hydrogen-bond donors (Lipinski definition) is 1. The molecule has 2 aromatic carbocycles. The SMILES string of the molecule is COc1cccc(CN(CC2CCCO2)C(=O)CN2CCC3(CCCCc4ccccc4OCCNC3=O)CC2)c1. The van der Waals surface area contributed by atoms with Crippen molar-refractivity contribution in [1.82, 2.24) is 15.1 Å². The summed E-state index contributed by atoms with van der Waals surface area (Å²) in [6.07, 6.45) is 7.52. The zero-order valence-corrected chi connectivity index (χ0v) is 24.4. The third-order valence-corrected chi connectivity index (χ3v) is 8.93. The number of benzene rings is 2. The van der Waals surface area contributed by atoms with Crippen molar-refractivity contribution < 1.29 is 23.8 Å². The third-order valence-electron chi connectivity index (χ3n) is 8.93. The molecule has 2 aromatic rings. The number of aryl methyl sites for hydroxylation is 1. The van der Waals surface area contributed by atoms with Gasteiger partial charge in [-0.1, -0.05) is 36.8 Å². The van der Waals surface area contributed by atoms with E-state index in [0.29, 0.717) is 32.8 Å². The van der Waals surface area contributed by atoms with Gasteiger partial charge >= 0.3 is 0 Å². The fourth-order valence-corrected chi connectivity index (χ4v) is 6.44. The van der Waals surface area contributed by atoms with Gasteiger partial charge in [0.2, 0.25) is 11.8 Å². The second kappa shape index (κ2) is 14.2. The largest absolute Gasteiger partial charge is 0.497 e. The number of fused-ring (bicyclic) bond motifs is 1. The van der Waals surface area contributed by atoms with Crippen LogP contribution in [0.15, 0.2) is 48.5 Å². The number of carbonyl (C=O) groups is 2. The van der Waals surface area contributed by atoms with E-state index in [1.54, 1.807) is 7.11 Å². The number of para-hydroxylation sites is 1. The molecule has 0 saturated carbocycles. The molecular weight excluding hydrogens is 518 g/mol. The molecule has 0 radical (unpaired) electrons. The van der Waals surface area contributed by atoms with Gasteiger partial charge in [-0.05, 0) is 87.4 Å². The molecule has 41 heavy (non-hydrogen) atoms. The monoisotopic (exact) mass is 563 g/mol. The summed E-state index contributed by atoms with van der Waals surface area (Å²) in [6, 6.07) is 16.1. The van der Waals surface area contributed by atoms with Crippen LogP contribution in [0.3, 0.4) is 0 Å². The molecule has 3 aliphatic heterocycles. The van der Waals surface area contributed by atoms with Gasteiger partial charge in [0.15, 0.2) is 0 Å². The number of likely N-dealkylation sites (tertiary alicyclic amines) is 1. The van der Waals surface area contributed by atoms with Crippen molar-refractivity contribution >= 4 is 11.8 Å². The first-order chi connectivity index (χ1) is 20.0. The predicted octanol–water partition coefficient (Wildman–Crippen LogP) is 4.21. The van der Waals surface area contributed by atoms with E-state index in [2.05, 4.69) is 22.3 Å². The summed E-state index contributed by atoms with van der Waals surface area (Å²) in [4.78, 5) is 31.3. The average Bonchev–Trinajstić information content (AvgIpc) is 3.51. The van der Waals surface area contributed by atoms with Crippen LogP contribution in [0.4, 0.5) is 0 Å². The summed E-state index contributed by atoms with van der Waals surface area (Å²) in [6.45, 7) is 4.70. The van der Waals surface area contributed by atoms with E-state index in [0.717, 1.165) is 88.1 Å². The Kier molecular flexibility index (Phi) is 10.2. The number of hydrogen-bond acceptors (Lipinski definition) is 6. The van der Waals surface area contributed by atoms with Crippen molar-refractivity contribution in [2.45, 2.75) is 64.0 Å². The highest BCUT2D eigenvalue weighted by atomic mass is 16.5. The summed E-state index contributed by atoms with van der Waals surface area (Å²) >= 11 is 0. The third kappa shape index (κ3) is 7.80. The van der Waals surface area contributed by atoms with Crippen molar-refractivity contribution in [3.8, 4) is 11.5 Å². The van der Waals surface area contributed by atoms with Crippen LogP contribution >= 0.6 is 0 Å². The van der Waals surface area contributed by atoms with E-state index in [-0.39, 0.29) is 23.3 Å². The molecule has 1 unspecified atom stereocenters. The molecule has 0 aromatic heterocycles. The van der Waals surface area contributed by atoms with Crippen LogP contribution in [-0.4, -0.2) is 80.8 Å². The van der Waals surface area contributed by atoms with Crippen molar-refractivity contribution in [1.29, 1.82) is 0 Å². The molecule has 1 N–H and O–H groups in total. The molecule has 2 saturated heterocycles. The minimum atomic E-state index is -0.379. The lowest BCUT2D eigenvalue weighted by Crippen LogP contribution is -2.51. The Bertz CT molecular complexity index is 1160. The van der Waals surface area contributed by atoms with E-state index < -0.39 is 0 Å². The smallest absolute Gasteiger partial charge is 0.237 e. The zero-order chi connectivity index (χ0) is 28.5. The second-order valence-electron chi connectivity index (χ2n) is 11.7. The molecule has 2 fully saturated rings. The van der Waals surface area contributed by atoms with Gasteiger partial charge in [-0.3, -0.25) is 14.5 Å². The zero-order valence-electron chi connectivity index (χ0n) is 24.4. The number of nitrogens with one attached hydrogen (secondary N) is 1. The number of amides is 2. The molecule has 1 spiro atoms. The van der Waals surface area contributed by atoms with E-state index in [4.69, 9.17) is 14.2 Å². The summed E-state index contributed by atoms with van der Waals surface area (Å²) in [5, 5.41) is 3.16. The first-order valence-corrected chi connectivity index (χ1v) is 15.3. The van der Waals surface area contributed by atoms with Gasteiger partial charge in [-0.2, -0.15) is 0 Å². The highest BCUT2D eigenvalue weighted by Crippen LogP contribution is 2.38. The predicted molar refractivity (Wildman–Crippen MR) is 158 cm³/mol. The summed E-state index contributed by atoms with van der Waals surface area (Å²) in [5.74, 6) is 1.96. The Morgan fingerprint density at radius 1 is 1.07 bits per heavy atom. The van der Waals surface area contributed by atoms with Crippen LogP contribution in [0.5, 0.6) is 11.5 Å².